The fourth-order valence-corrected chi connectivity index (χ4v) is 1.58. The van der Waals surface area contributed by atoms with Crippen molar-refractivity contribution in [2.75, 3.05) is 0 Å². The minimum Gasteiger partial charge on any atom is -0.324 e. The summed E-state index contributed by atoms with van der Waals surface area (Å²) in [5, 5.41) is 0. The first-order chi connectivity index (χ1) is 7.81. The van der Waals surface area contributed by atoms with Crippen LogP contribution in [0.25, 0.3) is 16.8 Å². The fraction of sp³-hybridized carbons (Fsp3) is 0. The number of hydrogen-bond acceptors (Lipinski definition) is 2. The topological polar surface area (TPSA) is 38.0 Å². The number of benzene rings is 2. The van der Waals surface area contributed by atoms with E-state index in [0.717, 1.165) is 11.3 Å². The maximum absolute atomic E-state index is 5.30. The molecule has 0 aliphatic carbocycles. The average Bonchev–Trinajstić information content (AvgIpc) is 2.39. The number of rotatable bonds is 3. The van der Waals surface area contributed by atoms with Gasteiger partial charge in [0.2, 0.25) is 0 Å². The molecule has 0 spiro atoms. The van der Waals surface area contributed by atoms with Gasteiger partial charge in [0.15, 0.2) is 0 Å². The first-order valence-corrected chi connectivity index (χ1v) is 5.12. The summed E-state index contributed by atoms with van der Waals surface area (Å²) in [6.45, 7) is 3.81. The second-order valence-corrected chi connectivity index (χ2v) is 3.57. The van der Waals surface area contributed by atoms with E-state index in [-0.39, 0.29) is 0 Å². The van der Waals surface area contributed by atoms with Gasteiger partial charge in [-0.3, -0.25) is 5.84 Å². The Bertz CT molecular complexity index is 472. The van der Waals surface area contributed by atoms with Crippen molar-refractivity contribution in [3.05, 3.63) is 66.7 Å². The lowest BCUT2D eigenvalue weighted by atomic mass is 10.0. The molecule has 0 radical (unpaired) electrons. The van der Waals surface area contributed by atoms with Crippen molar-refractivity contribution in [3.63, 3.8) is 0 Å². The summed E-state index contributed by atoms with van der Waals surface area (Å²) in [6.07, 6.45) is 0. The number of nitrogens with two attached hydrogens (primary N) is 1. The predicted molar refractivity (Wildman–Crippen MR) is 68.2 cm³/mol. The molecular weight excluding hydrogens is 196 g/mol. The molecule has 2 nitrogen and oxygen atoms in total. The Labute approximate surface area is 95.4 Å². The molecule has 2 heteroatoms. The SMILES string of the molecule is C=C(NN)c1ccc(-c2ccccc2)cc1. The standard InChI is InChI=1S/C14H14N2/c1-11(16-15)12-7-9-14(10-8-12)13-5-3-2-4-6-13/h2-10,16H,1,15H2. The molecule has 0 atom stereocenters. The van der Waals surface area contributed by atoms with Crippen molar-refractivity contribution in [3.8, 4) is 11.1 Å². The molecule has 0 unspecified atom stereocenters. The second kappa shape index (κ2) is 4.64. The van der Waals surface area contributed by atoms with Crippen LogP contribution in [0.1, 0.15) is 5.56 Å². The first-order valence-electron chi connectivity index (χ1n) is 5.12. The van der Waals surface area contributed by atoms with Gasteiger partial charge in [-0.25, -0.2) is 0 Å². The molecule has 0 heterocycles. The van der Waals surface area contributed by atoms with Gasteiger partial charge < -0.3 is 5.43 Å². The zero-order valence-electron chi connectivity index (χ0n) is 8.98. The van der Waals surface area contributed by atoms with Gasteiger partial charge in [0.25, 0.3) is 0 Å². The van der Waals surface area contributed by atoms with Gasteiger partial charge in [-0.05, 0) is 16.7 Å². The summed E-state index contributed by atoms with van der Waals surface area (Å²) >= 11 is 0. The Morgan fingerprint density at radius 2 is 1.44 bits per heavy atom. The van der Waals surface area contributed by atoms with Crippen molar-refractivity contribution in [2.24, 2.45) is 5.84 Å². The van der Waals surface area contributed by atoms with Crippen LogP contribution in [0, 0.1) is 0 Å². The van der Waals surface area contributed by atoms with Crippen LogP contribution in [0.4, 0.5) is 0 Å². The molecule has 16 heavy (non-hydrogen) atoms. The Balaban J connectivity index is 2.30. The second-order valence-electron chi connectivity index (χ2n) is 3.57. The molecule has 2 rings (SSSR count). The smallest absolute Gasteiger partial charge is 0.0485 e. The predicted octanol–water partition coefficient (Wildman–Crippen LogP) is 2.79. The van der Waals surface area contributed by atoms with Gasteiger partial charge in [0.05, 0.1) is 0 Å². The van der Waals surface area contributed by atoms with E-state index in [2.05, 4.69) is 36.3 Å². The summed E-state index contributed by atoms with van der Waals surface area (Å²) in [6, 6.07) is 18.4. The van der Waals surface area contributed by atoms with E-state index in [9.17, 15) is 0 Å². The molecule has 80 valence electrons. The summed E-state index contributed by atoms with van der Waals surface area (Å²) in [7, 11) is 0. The summed E-state index contributed by atoms with van der Waals surface area (Å²) < 4.78 is 0. The Kier molecular flexibility index (Phi) is 3.03. The maximum Gasteiger partial charge on any atom is 0.0485 e. The van der Waals surface area contributed by atoms with Crippen LogP contribution in [0.5, 0.6) is 0 Å². The highest BCUT2D eigenvalue weighted by Gasteiger charge is 1.98. The van der Waals surface area contributed by atoms with Crippen LogP contribution < -0.4 is 11.3 Å². The molecule has 3 N–H and O–H groups in total. The van der Waals surface area contributed by atoms with Gasteiger partial charge in [-0.1, -0.05) is 61.2 Å². The third kappa shape index (κ3) is 2.12. The number of hydrazine groups is 1. The Morgan fingerprint density at radius 3 is 2.00 bits per heavy atom. The van der Waals surface area contributed by atoms with Crippen molar-refractivity contribution in [1.82, 2.24) is 5.43 Å². The van der Waals surface area contributed by atoms with E-state index in [1.807, 2.05) is 30.3 Å². The summed E-state index contributed by atoms with van der Waals surface area (Å²) in [5.41, 5.74) is 6.67. The Hall–Kier alpha value is -2.06. The molecule has 0 saturated heterocycles. The van der Waals surface area contributed by atoms with Crippen LogP contribution in [0.2, 0.25) is 0 Å². The third-order valence-electron chi connectivity index (χ3n) is 2.51. The van der Waals surface area contributed by atoms with E-state index in [1.165, 1.54) is 11.1 Å². The summed E-state index contributed by atoms with van der Waals surface area (Å²) in [5.74, 6) is 5.30. The lowest BCUT2D eigenvalue weighted by molar-refractivity contribution is 0.995. The van der Waals surface area contributed by atoms with Crippen LogP contribution in [0.3, 0.4) is 0 Å². The van der Waals surface area contributed by atoms with E-state index < -0.39 is 0 Å². The highest BCUT2D eigenvalue weighted by Crippen LogP contribution is 2.20. The molecule has 0 bridgehead atoms. The molecule has 0 saturated carbocycles. The Morgan fingerprint density at radius 1 is 0.875 bits per heavy atom. The van der Waals surface area contributed by atoms with Crippen molar-refractivity contribution >= 4 is 5.70 Å². The first kappa shape index (κ1) is 10.5. The molecule has 0 aromatic heterocycles. The normalized spacial score (nSPS) is 9.81. The third-order valence-corrected chi connectivity index (χ3v) is 2.51. The van der Waals surface area contributed by atoms with Gasteiger partial charge in [0, 0.05) is 5.70 Å². The lowest BCUT2D eigenvalue weighted by Crippen LogP contribution is -2.18. The van der Waals surface area contributed by atoms with Crippen LogP contribution >= 0.6 is 0 Å². The van der Waals surface area contributed by atoms with E-state index in [4.69, 9.17) is 5.84 Å². The molecule has 0 aliphatic rings. The maximum atomic E-state index is 5.30. The largest absolute Gasteiger partial charge is 0.324 e. The highest BCUT2D eigenvalue weighted by molar-refractivity contribution is 5.68. The van der Waals surface area contributed by atoms with Gasteiger partial charge in [-0.2, -0.15) is 0 Å². The van der Waals surface area contributed by atoms with Crippen molar-refractivity contribution < 1.29 is 0 Å². The van der Waals surface area contributed by atoms with Crippen molar-refractivity contribution in [2.45, 2.75) is 0 Å². The molecule has 0 aliphatic heterocycles. The number of nitrogens with one attached hydrogen (secondary N) is 1. The average molecular weight is 210 g/mol. The molecule has 0 amide bonds. The molecule has 2 aromatic carbocycles. The van der Waals surface area contributed by atoms with Crippen LogP contribution in [-0.2, 0) is 0 Å². The van der Waals surface area contributed by atoms with Crippen LogP contribution in [-0.4, -0.2) is 0 Å². The molecule has 0 fully saturated rings. The van der Waals surface area contributed by atoms with Gasteiger partial charge in [0.1, 0.15) is 0 Å². The van der Waals surface area contributed by atoms with Gasteiger partial charge in [-0.15, -0.1) is 0 Å². The minimum atomic E-state index is 0.722. The van der Waals surface area contributed by atoms with Crippen molar-refractivity contribution in [1.29, 1.82) is 0 Å². The molecule has 2 aromatic rings. The monoisotopic (exact) mass is 210 g/mol. The van der Waals surface area contributed by atoms with Crippen LogP contribution in [0.15, 0.2) is 61.2 Å². The summed E-state index contributed by atoms with van der Waals surface area (Å²) in [4.78, 5) is 0. The minimum absolute atomic E-state index is 0.722. The van der Waals surface area contributed by atoms with Gasteiger partial charge >= 0.3 is 0 Å². The quantitative estimate of drug-likeness (QED) is 0.604. The van der Waals surface area contributed by atoms with E-state index >= 15 is 0 Å². The zero-order chi connectivity index (χ0) is 11.4. The number of hydrogen-bond donors (Lipinski definition) is 2. The zero-order valence-corrected chi connectivity index (χ0v) is 8.98. The lowest BCUT2D eigenvalue weighted by Gasteiger charge is -2.06. The highest BCUT2D eigenvalue weighted by atomic mass is 15.2. The van der Waals surface area contributed by atoms with E-state index in [0.29, 0.717) is 0 Å². The fourth-order valence-electron chi connectivity index (χ4n) is 1.58. The molecular formula is C14H14N2. The van der Waals surface area contributed by atoms with E-state index in [1.54, 1.807) is 0 Å².